The van der Waals surface area contributed by atoms with Crippen molar-refractivity contribution in [3.8, 4) is 0 Å². The van der Waals surface area contributed by atoms with Crippen LogP contribution in [0.4, 0.5) is 0 Å². The first-order valence-electron chi connectivity index (χ1n) is 5.17. The highest BCUT2D eigenvalue weighted by molar-refractivity contribution is 9.10. The van der Waals surface area contributed by atoms with Crippen LogP contribution in [-0.4, -0.2) is 41.8 Å². The van der Waals surface area contributed by atoms with E-state index < -0.39 is 0 Å². The molecule has 0 bridgehead atoms. The Morgan fingerprint density at radius 1 is 1.47 bits per heavy atom. The predicted molar refractivity (Wildman–Crippen MR) is 67.6 cm³/mol. The van der Waals surface area contributed by atoms with E-state index in [1.54, 1.807) is 24.2 Å². The molecule has 0 saturated heterocycles. The lowest BCUT2D eigenvalue weighted by atomic mass is 10.3. The van der Waals surface area contributed by atoms with Gasteiger partial charge in [0.25, 0.3) is 5.91 Å². The summed E-state index contributed by atoms with van der Waals surface area (Å²) in [6, 6.07) is 1.65. The first-order valence-corrected chi connectivity index (χ1v) is 5.96. The van der Waals surface area contributed by atoms with Crippen LogP contribution in [0, 0.1) is 0 Å². The predicted octanol–water partition coefficient (Wildman–Crippen LogP) is 1.05. The van der Waals surface area contributed by atoms with E-state index in [0.717, 1.165) is 4.47 Å². The number of pyridine rings is 1. The van der Waals surface area contributed by atoms with Crippen molar-refractivity contribution in [3.05, 3.63) is 28.5 Å². The highest BCUT2D eigenvalue weighted by Gasteiger charge is 2.10. The Bertz CT molecular complexity index is 423. The molecular weight excluding hydrogens is 286 g/mol. The van der Waals surface area contributed by atoms with Gasteiger partial charge < -0.3 is 10.2 Å². The molecule has 0 fully saturated rings. The first kappa shape index (κ1) is 13.6. The van der Waals surface area contributed by atoms with Crippen LogP contribution < -0.4 is 5.32 Å². The number of nitrogens with zero attached hydrogens (tertiary/aromatic N) is 2. The number of carbonyl (C=O) groups excluding carboxylic acids is 2. The fourth-order valence-corrected chi connectivity index (χ4v) is 1.47. The van der Waals surface area contributed by atoms with Gasteiger partial charge in [0.05, 0.1) is 12.1 Å². The smallest absolute Gasteiger partial charge is 0.253 e. The quantitative estimate of drug-likeness (QED) is 0.904. The van der Waals surface area contributed by atoms with Crippen molar-refractivity contribution < 1.29 is 9.59 Å². The third-order valence-corrected chi connectivity index (χ3v) is 2.70. The van der Waals surface area contributed by atoms with Crippen LogP contribution in [0.25, 0.3) is 0 Å². The fraction of sp³-hybridized carbons (Fsp3) is 0.364. The van der Waals surface area contributed by atoms with E-state index >= 15 is 0 Å². The molecule has 0 unspecified atom stereocenters. The summed E-state index contributed by atoms with van der Waals surface area (Å²) in [4.78, 5) is 28.6. The van der Waals surface area contributed by atoms with Crippen LogP contribution in [0.2, 0.25) is 0 Å². The number of hydrogen-bond donors (Lipinski definition) is 1. The average Bonchev–Trinajstić information content (AvgIpc) is 2.34. The molecule has 0 aliphatic carbocycles. The van der Waals surface area contributed by atoms with Crippen LogP contribution in [0.15, 0.2) is 22.9 Å². The van der Waals surface area contributed by atoms with E-state index in [1.807, 2.05) is 6.92 Å². The lowest BCUT2D eigenvalue weighted by Crippen LogP contribution is -2.38. The van der Waals surface area contributed by atoms with Gasteiger partial charge in [0.1, 0.15) is 0 Å². The second-order valence-electron chi connectivity index (χ2n) is 3.48. The van der Waals surface area contributed by atoms with Crippen LogP contribution in [0.5, 0.6) is 0 Å². The van der Waals surface area contributed by atoms with Crippen molar-refractivity contribution in [3.63, 3.8) is 0 Å². The van der Waals surface area contributed by atoms with Crippen LogP contribution in [-0.2, 0) is 4.79 Å². The zero-order valence-electron chi connectivity index (χ0n) is 9.74. The van der Waals surface area contributed by atoms with Crippen molar-refractivity contribution in [2.24, 2.45) is 0 Å². The van der Waals surface area contributed by atoms with E-state index in [-0.39, 0.29) is 18.4 Å². The lowest BCUT2D eigenvalue weighted by molar-refractivity contribution is -0.128. The molecule has 1 heterocycles. The number of carbonyl (C=O) groups is 2. The molecule has 0 aliphatic heterocycles. The topological polar surface area (TPSA) is 62.3 Å². The lowest BCUT2D eigenvalue weighted by Gasteiger charge is -2.14. The summed E-state index contributed by atoms with van der Waals surface area (Å²) in [7, 11) is 1.69. The van der Waals surface area contributed by atoms with Gasteiger partial charge in [-0.3, -0.25) is 14.6 Å². The minimum Gasteiger partial charge on any atom is -0.345 e. The molecule has 1 aromatic rings. The Hall–Kier alpha value is -1.43. The molecular formula is C11H14BrN3O2. The minimum absolute atomic E-state index is 0.00428. The number of rotatable bonds is 4. The largest absolute Gasteiger partial charge is 0.345 e. The highest BCUT2D eigenvalue weighted by atomic mass is 79.9. The maximum absolute atomic E-state index is 11.7. The van der Waals surface area contributed by atoms with E-state index in [9.17, 15) is 9.59 Å². The van der Waals surface area contributed by atoms with Crippen LogP contribution in [0.1, 0.15) is 17.3 Å². The Morgan fingerprint density at radius 3 is 2.76 bits per heavy atom. The zero-order valence-corrected chi connectivity index (χ0v) is 11.3. The van der Waals surface area contributed by atoms with E-state index in [0.29, 0.717) is 12.1 Å². The van der Waals surface area contributed by atoms with Crippen molar-refractivity contribution in [2.45, 2.75) is 6.92 Å². The molecule has 0 aliphatic rings. The number of likely N-dealkylation sites (N-methyl/N-ethyl adjacent to an activating group) is 1. The first-order chi connectivity index (χ1) is 8.04. The molecule has 2 amide bonds. The Kier molecular flexibility index (Phi) is 5.09. The average molecular weight is 300 g/mol. The van der Waals surface area contributed by atoms with Crippen molar-refractivity contribution in [1.29, 1.82) is 0 Å². The maximum Gasteiger partial charge on any atom is 0.253 e. The Morgan fingerprint density at radius 2 is 2.18 bits per heavy atom. The molecule has 6 heteroatoms. The Balaban J connectivity index is 2.53. The van der Waals surface area contributed by atoms with Gasteiger partial charge in [0.15, 0.2) is 0 Å². The molecule has 17 heavy (non-hydrogen) atoms. The van der Waals surface area contributed by atoms with E-state index in [4.69, 9.17) is 0 Å². The van der Waals surface area contributed by atoms with E-state index in [1.165, 1.54) is 6.20 Å². The van der Waals surface area contributed by atoms with Crippen molar-refractivity contribution in [1.82, 2.24) is 15.2 Å². The molecule has 1 rings (SSSR count). The number of hydrogen-bond acceptors (Lipinski definition) is 3. The summed E-state index contributed by atoms with van der Waals surface area (Å²) < 4.78 is 0.724. The van der Waals surface area contributed by atoms with E-state index in [2.05, 4.69) is 26.2 Å². The second kappa shape index (κ2) is 6.34. The van der Waals surface area contributed by atoms with Gasteiger partial charge in [-0.25, -0.2) is 0 Å². The molecule has 0 atom stereocenters. The standard InChI is InChI=1S/C11H14BrN3O2/c1-3-15(2)10(16)7-14-11(17)8-4-9(12)6-13-5-8/h4-6H,3,7H2,1-2H3,(H,14,17). The molecule has 1 aromatic heterocycles. The summed E-state index contributed by atoms with van der Waals surface area (Å²) in [5, 5.41) is 2.55. The number of amides is 2. The number of nitrogens with one attached hydrogen (secondary N) is 1. The normalized spacial score (nSPS) is 9.82. The van der Waals surface area contributed by atoms with Gasteiger partial charge in [0.2, 0.25) is 5.91 Å². The van der Waals surface area contributed by atoms with Crippen molar-refractivity contribution >= 4 is 27.7 Å². The highest BCUT2D eigenvalue weighted by Crippen LogP contribution is 2.09. The van der Waals surface area contributed by atoms with Gasteiger partial charge in [-0.1, -0.05) is 0 Å². The third kappa shape index (κ3) is 4.14. The van der Waals surface area contributed by atoms with Gasteiger partial charge in [-0.05, 0) is 28.9 Å². The fourth-order valence-electron chi connectivity index (χ4n) is 1.11. The Labute approximate surface area is 108 Å². The zero-order chi connectivity index (χ0) is 12.8. The van der Waals surface area contributed by atoms with Gasteiger partial charge >= 0.3 is 0 Å². The number of aromatic nitrogens is 1. The van der Waals surface area contributed by atoms with Crippen molar-refractivity contribution in [2.75, 3.05) is 20.1 Å². The minimum atomic E-state index is -0.309. The third-order valence-electron chi connectivity index (χ3n) is 2.27. The SMILES string of the molecule is CCN(C)C(=O)CNC(=O)c1cncc(Br)c1. The summed E-state index contributed by atoms with van der Waals surface area (Å²) in [6.45, 7) is 2.49. The summed E-state index contributed by atoms with van der Waals surface area (Å²) in [5.74, 6) is -0.430. The van der Waals surface area contributed by atoms with Gasteiger partial charge in [-0.2, -0.15) is 0 Å². The number of halogens is 1. The molecule has 5 nitrogen and oxygen atoms in total. The molecule has 0 aromatic carbocycles. The maximum atomic E-state index is 11.7. The molecule has 92 valence electrons. The molecule has 0 saturated carbocycles. The molecule has 1 N–H and O–H groups in total. The summed E-state index contributed by atoms with van der Waals surface area (Å²) in [6.07, 6.45) is 3.04. The summed E-state index contributed by atoms with van der Waals surface area (Å²) >= 11 is 3.23. The summed E-state index contributed by atoms with van der Waals surface area (Å²) in [5.41, 5.74) is 0.423. The van der Waals surface area contributed by atoms with Gasteiger partial charge in [-0.15, -0.1) is 0 Å². The second-order valence-corrected chi connectivity index (χ2v) is 4.40. The molecule has 0 radical (unpaired) electrons. The van der Waals surface area contributed by atoms with Crippen LogP contribution in [0.3, 0.4) is 0 Å². The molecule has 0 spiro atoms. The monoisotopic (exact) mass is 299 g/mol. The van der Waals surface area contributed by atoms with Crippen LogP contribution >= 0.6 is 15.9 Å². The van der Waals surface area contributed by atoms with Gasteiger partial charge in [0, 0.05) is 30.5 Å².